The number of phosphoric acid groups is 1. The minimum absolute atomic E-state index is 0.0485. The Morgan fingerprint density at radius 3 is 1.42 bits per heavy atom. The number of amides is 1. The molecular weight excluding hydrogens is 792 g/mol. The van der Waals surface area contributed by atoms with Gasteiger partial charge >= 0.3 is 7.82 Å². The smallest absolute Gasteiger partial charge is 0.387 e. The minimum Gasteiger partial charge on any atom is -0.387 e. The molecule has 0 saturated heterocycles. The van der Waals surface area contributed by atoms with Gasteiger partial charge in [0.25, 0.3) is 0 Å². The van der Waals surface area contributed by atoms with Crippen molar-refractivity contribution in [3.05, 3.63) is 85.1 Å². The van der Waals surface area contributed by atoms with Gasteiger partial charge in [-0.3, -0.25) is 13.8 Å². The van der Waals surface area contributed by atoms with Gasteiger partial charge in [-0.2, -0.15) is 0 Å². The van der Waals surface area contributed by atoms with Crippen LogP contribution >= 0.6 is 7.82 Å². The van der Waals surface area contributed by atoms with E-state index in [2.05, 4.69) is 92.1 Å². The molecule has 358 valence electrons. The molecule has 0 aliphatic carbocycles. The number of hydrogen-bond donors (Lipinski definition) is 3. The molecule has 9 heteroatoms. The number of unbranched alkanes of at least 4 members (excludes halogenated alkanes) is 19. The molecule has 0 fully saturated rings. The number of phosphoric ester groups is 1. The van der Waals surface area contributed by atoms with Crippen LogP contribution in [0.15, 0.2) is 85.1 Å². The maximum atomic E-state index is 12.9. The fourth-order valence-electron chi connectivity index (χ4n) is 6.69. The van der Waals surface area contributed by atoms with E-state index < -0.39 is 20.0 Å². The van der Waals surface area contributed by atoms with E-state index >= 15 is 0 Å². The minimum atomic E-state index is -4.36. The van der Waals surface area contributed by atoms with E-state index in [-0.39, 0.29) is 19.1 Å². The summed E-state index contributed by atoms with van der Waals surface area (Å²) in [5.74, 6) is -0.222. The van der Waals surface area contributed by atoms with Gasteiger partial charge in [0, 0.05) is 6.42 Å². The summed E-state index contributed by atoms with van der Waals surface area (Å²) in [6, 6.07) is -0.875. The van der Waals surface area contributed by atoms with Crippen LogP contribution in [-0.4, -0.2) is 73.4 Å². The third-order valence-electron chi connectivity index (χ3n) is 10.6. The second-order valence-corrected chi connectivity index (χ2v) is 19.3. The number of nitrogens with one attached hydrogen (secondary N) is 1. The van der Waals surface area contributed by atoms with Gasteiger partial charge in [-0.05, 0) is 70.6 Å². The third kappa shape index (κ3) is 45.7. The monoisotopic (exact) mass is 888 g/mol. The van der Waals surface area contributed by atoms with E-state index in [1.165, 1.54) is 96.3 Å². The Kier molecular flexibility index (Phi) is 42.3. The topological polar surface area (TPSA) is 105 Å². The summed E-state index contributed by atoms with van der Waals surface area (Å²) in [7, 11) is 1.53. The summed E-state index contributed by atoms with van der Waals surface area (Å²) in [5, 5.41) is 13.9. The molecule has 1 amide bonds. The second kappa shape index (κ2) is 43.9. The van der Waals surface area contributed by atoms with E-state index in [0.717, 1.165) is 70.6 Å². The van der Waals surface area contributed by atoms with Crippen molar-refractivity contribution in [2.24, 2.45) is 0 Å². The molecule has 0 heterocycles. The molecule has 0 aliphatic rings. The Hall–Kier alpha value is -2.32. The van der Waals surface area contributed by atoms with Gasteiger partial charge in [-0.15, -0.1) is 0 Å². The lowest BCUT2D eigenvalue weighted by Gasteiger charge is -2.25. The summed E-state index contributed by atoms with van der Waals surface area (Å²) in [5.41, 5.74) is 0. The van der Waals surface area contributed by atoms with E-state index in [1.54, 1.807) is 6.08 Å². The maximum Gasteiger partial charge on any atom is 0.472 e. The van der Waals surface area contributed by atoms with Crippen LogP contribution in [0.4, 0.5) is 0 Å². The Bertz CT molecular complexity index is 1280. The number of carbonyl (C=O) groups excluding carboxylic acids is 1. The quantitative estimate of drug-likeness (QED) is 0.0244. The predicted molar refractivity (Wildman–Crippen MR) is 267 cm³/mol. The average Bonchev–Trinajstić information content (AvgIpc) is 3.23. The highest BCUT2D eigenvalue weighted by atomic mass is 31.2. The lowest BCUT2D eigenvalue weighted by Crippen LogP contribution is -2.45. The molecule has 0 aliphatic heterocycles. The van der Waals surface area contributed by atoms with Crippen molar-refractivity contribution in [3.8, 4) is 0 Å². The van der Waals surface area contributed by atoms with Crippen molar-refractivity contribution in [2.45, 2.75) is 206 Å². The van der Waals surface area contributed by atoms with Crippen LogP contribution in [0.3, 0.4) is 0 Å². The number of nitrogens with zero attached hydrogens (tertiary/aromatic N) is 1. The summed E-state index contributed by atoms with van der Waals surface area (Å²) < 4.78 is 23.6. The van der Waals surface area contributed by atoms with Gasteiger partial charge in [-0.25, -0.2) is 4.57 Å². The molecule has 0 radical (unpaired) electrons. The molecule has 3 N–H and O–H groups in total. The molecule has 62 heavy (non-hydrogen) atoms. The number of hydrogen-bond acceptors (Lipinski definition) is 5. The highest BCUT2D eigenvalue weighted by Crippen LogP contribution is 2.43. The van der Waals surface area contributed by atoms with Gasteiger partial charge in [0.05, 0.1) is 39.9 Å². The average molecular weight is 888 g/mol. The van der Waals surface area contributed by atoms with Crippen molar-refractivity contribution in [2.75, 3.05) is 40.9 Å². The van der Waals surface area contributed by atoms with Gasteiger partial charge in [0.1, 0.15) is 13.2 Å². The van der Waals surface area contributed by atoms with Crippen LogP contribution < -0.4 is 5.32 Å². The Morgan fingerprint density at radius 2 is 0.968 bits per heavy atom. The number of allylic oxidation sites excluding steroid dienone is 13. The van der Waals surface area contributed by atoms with Gasteiger partial charge < -0.3 is 19.8 Å². The molecule has 0 saturated carbocycles. The molecular formula is C53H96N2O6P+. The van der Waals surface area contributed by atoms with Crippen molar-refractivity contribution in [1.29, 1.82) is 0 Å². The molecule has 0 aromatic rings. The van der Waals surface area contributed by atoms with Crippen LogP contribution in [-0.2, 0) is 18.4 Å². The Labute approximate surface area is 382 Å². The lowest BCUT2D eigenvalue weighted by atomic mass is 10.0. The summed E-state index contributed by atoms with van der Waals surface area (Å²) >= 11 is 0. The fraction of sp³-hybridized carbons (Fsp3) is 0.717. The van der Waals surface area contributed by atoms with E-state index in [1.807, 2.05) is 27.2 Å². The summed E-state index contributed by atoms with van der Waals surface area (Å²) in [6.45, 7) is 4.66. The molecule has 0 rings (SSSR count). The molecule has 0 bridgehead atoms. The highest BCUT2D eigenvalue weighted by Gasteiger charge is 2.27. The zero-order valence-electron chi connectivity index (χ0n) is 40.6. The number of carbonyl (C=O) groups is 1. The molecule has 0 aromatic carbocycles. The van der Waals surface area contributed by atoms with E-state index in [0.29, 0.717) is 23.9 Å². The van der Waals surface area contributed by atoms with Crippen LogP contribution in [0.5, 0.6) is 0 Å². The van der Waals surface area contributed by atoms with Gasteiger partial charge in [-0.1, -0.05) is 202 Å². The zero-order chi connectivity index (χ0) is 45.7. The van der Waals surface area contributed by atoms with E-state index in [9.17, 15) is 19.4 Å². The normalized spacial score (nSPS) is 14.9. The first-order valence-corrected chi connectivity index (χ1v) is 26.5. The van der Waals surface area contributed by atoms with Crippen LogP contribution in [0.2, 0.25) is 0 Å². The predicted octanol–water partition coefficient (Wildman–Crippen LogP) is 14.5. The number of likely N-dealkylation sites (N-methyl/N-ethyl adjacent to an activating group) is 1. The lowest BCUT2D eigenvalue weighted by molar-refractivity contribution is -0.870. The van der Waals surface area contributed by atoms with Crippen molar-refractivity contribution < 1.29 is 32.9 Å². The van der Waals surface area contributed by atoms with Crippen molar-refractivity contribution >= 4 is 13.7 Å². The molecule has 0 spiro atoms. The molecule has 3 unspecified atom stereocenters. The second-order valence-electron chi connectivity index (χ2n) is 17.8. The largest absolute Gasteiger partial charge is 0.472 e. The van der Waals surface area contributed by atoms with E-state index in [4.69, 9.17) is 9.05 Å². The van der Waals surface area contributed by atoms with Crippen LogP contribution in [0, 0.1) is 0 Å². The highest BCUT2D eigenvalue weighted by molar-refractivity contribution is 7.47. The zero-order valence-corrected chi connectivity index (χ0v) is 41.5. The number of quaternary nitrogens is 1. The first-order chi connectivity index (χ1) is 30.0. The first kappa shape index (κ1) is 59.7. The third-order valence-corrected chi connectivity index (χ3v) is 11.6. The number of aliphatic hydroxyl groups excluding tert-OH is 1. The van der Waals surface area contributed by atoms with Crippen molar-refractivity contribution in [1.82, 2.24) is 5.32 Å². The van der Waals surface area contributed by atoms with Crippen molar-refractivity contribution in [3.63, 3.8) is 0 Å². The molecule has 8 nitrogen and oxygen atoms in total. The Morgan fingerprint density at radius 1 is 0.565 bits per heavy atom. The molecule has 3 atom stereocenters. The standard InChI is InChI=1S/C53H95N2O6P/c1-6-8-10-12-14-16-18-20-22-24-26-27-29-31-33-35-37-39-41-43-45-47-53(57)54-51(50-61-62(58,59)60-49-48-55(3,4)5)52(56)46-44-42-40-38-36-34-32-30-28-25-23-21-19-17-15-13-11-9-7-2/h8,10,14,16,20,22,26-27,31,33,37,39,44,46,51-52,56H,6-7,9,11-13,15,17-19,21,23-25,28-30,32,34-36,38,40-43,45,47-50H2,1-5H3,(H-,54,57,58,59)/p+1/b10-8-,16-14-,22-20-,27-26-,33-31-,39-37-,46-44+. The first-order valence-electron chi connectivity index (χ1n) is 25.0. The SMILES string of the molecule is CC/C=C\C/C=C\C/C=C\C/C=C\C/C=C\C/C=C\CCCCC(=O)NC(COP(=O)(O)OCC[N+](C)(C)C)C(O)/C=C/CCCCCCCCCCCCCCCCCCC. The maximum absolute atomic E-state index is 12.9. The fourth-order valence-corrected chi connectivity index (χ4v) is 7.43. The number of rotatable bonds is 44. The summed E-state index contributed by atoms with van der Waals surface area (Å²) in [6.07, 6.45) is 60.9. The van der Waals surface area contributed by atoms with Crippen LogP contribution in [0.25, 0.3) is 0 Å². The van der Waals surface area contributed by atoms with Crippen LogP contribution in [0.1, 0.15) is 194 Å². The number of aliphatic hydroxyl groups is 1. The van der Waals surface area contributed by atoms with Gasteiger partial charge in [0.15, 0.2) is 0 Å². The van der Waals surface area contributed by atoms with Gasteiger partial charge in [0.2, 0.25) is 5.91 Å². The molecule has 0 aromatic heterocycles. The Balaban J connectivity index is 4.46. The summed E-state index contributed by atoms with van der Waals surface area (Å²) in [4.78, 5) is 23.2.